The van der Waals surface area contributed by atoms with E-state index in [9.17, 15) is 9.59 Å². The van der Waals surface area contributed by atoms with E-state index < -0.39 is 5.54 Å². The SMILES string of the molecule is CC(C)Nc1cccnc1C1(C(=O)N2CCNCC2)CN(C)CCN1C(=O)c1ccccc1. The molecule has 2 aliphatic rings. The number of piperazine rings is 2. The Hall–Kier alpha value is -2.97. The van der Waals surface area contributed by atoms with Crippen LogP contribution < -0.4 is 10.6 Å². The average molecular weight is 451 g/mol. The Kier molecular flexibility index (Phi) is 6.95. The number of benzene rings is 1. The van der Waals surface area contributed by atoms with Gasteiger partial charge in [0.15, 0.2) is 5.54 Å². The van der Waals surface area contributed by atoms with Crippen molar-refractivity contribution < 1.29 is 9.59 Å². The van der Waals surface area contributed by atoms with Crippen molar-refractivity contribution in [2.24, 2.45) is 0 Å². The number of amides is 2. The third-order valence-corrected chi connectivity index (χ3v) is 6.33. The van der Waals surface area contributed by atoms with Gasteiger partial charge in [0, 0.05) is 63.6 Å². The van der Waals surface area contributed by atoms with Gasteiger partial charge in [0.2, 0.25) is 0 Å². The van der Waals surface area contributed by atoms with Crippen molar-refractivity contribution >= 4 is 17.5 Å². The van der Waals surface area contributed by atoms with E-state index in [1.165, 1.54) is 0 Å². The smallest absolute Gasteiger partial charge is 0.256 e. The molecule has 0 saturated carbocycles. The summed E-state index contributed by atoms with van der Waals surface area (Å²) in [4.78, 5) is 38.8. The van der Waals surface area contributed by atoms with Gasteiger partial charge in [0.25, 0.3) is 11.8 Å². The molecule has 0 aliphatic carbocycles. The second kappa shape index (κ2) is 9.89. The van der Waals surface area contributed by atoms with Gasteiger partial charge >= 0.3 is 0 Å². The van der Waals surface area contributed by atoms with Crippen LogP contribution in [0.1, 0.15) is 29.9 Å². The summed E-state index contributed by atoms with van der Waals surface area (Å²) in [5, 5.41) is 6.78. The predicted molar refractivity (Wildman–Crippen MR) is 129 cm³/mol. The molecular formula is C25H34N6O2. The van der Waals surface area contributed by atoms with Crippen LogP contribution in [-0.2, 0) is 10.3 Å². The van der Waals surface area contributed by atoms with Crippen LogP contribution in [0.4, 0.5) is 5.69 Å². The highest BCUT2D eigenvalue weighted by Gasteiger charge is 2.54. The average Bonchev–Trinajstić information content (AvgIpc) is 2.84. The molecule has 1 unspecified atom stereocenters. The van der Waals surface area contributed by atoms with Gasteiger partial charge in [0.1, 0.15) is 5.69 Å². The molecule has 2 aliphatic heterocycles. The van der Waals surface area contributed by atoms with Gasteiger partial charge in [-0.15, -0.1) is 0 Å². The summed E-state index contributed by atoms with van der Waals surface area (Å²) in [5.41, 5.74) is 0.750. The lowest BCUT2D eigenvalue weighted by Crippen LogP contribution is -2.69. The highest BCUT2D eigenvalue weighted by Crippen LogP contribution is 2.38. The maximum Gasteiger partial charge on any atom is 0.256 e. The fourth-order valence-electron chi connectivity index (χ4n) is 4.81. The highest BCUT2D eigenvalue weighted by atomic mass is 16.2. The van der Waals surface area contributed by atoms with E-state index in [0.29, 0.717) is 44.0 Å². The number of anilines is 1. The van der Waals surface area contributed by atoms with Gasteiger partial charge in [-0.1, -0.05) is 18.2 Å². The second-order valence-corrected chi connectivity index (χ2v) is 9.16. The quantitative estimate of drug-likeness (QED) is 0.721. The van der Waals surface area contributed by atoms with Crippen molar-refractivity contribution in [1.82, 2.24) is 25.0 Å². The minimum atomic E-state index is -1.23. The highest BCUT2D eigenvalue weighted by molar-refractivity contribution is 6.00. The molecule has 1 atom stereocenters. The topological polar surface area (TPSA) is 80.8 Å². The first kappa shape index (κ1) is 23.2. The minimum absolute atomic E-state index is 0.0645. The van der Waals surface area contributed by atoms with Crippen molar-refractivity contribution in [3.8, 4) is 0 Å². The second-order valence-electron chi connectivity index (χ2n) is 9.16. The molecule has 1 aromatic heterocycles. The third kappa shape index (κ3) is 4.58. The van der Waals surface area contributed by atoms with Crippen molar-refractivity contribution in [3.63, 3.8) is 0 Å². The predicted octanol–water partition coefficient (Wildman–Crippen LogP) is 1.62. The van der Waals surface area contributed by atoms with E-state index in [-0.39, 0.29) is 17.9 Å². The van der Waals surface area contributed by atoms with Crippen LogP contribution in [0.5, 0.6) is 0 Å². The van der Waals surface area contributed by atoms with Crippen LogP contribution in [0, 0.1) is 0 Å². The van der Waals surface area contributed by atoms with E-state index in [1.54, 1.807) is 11.1 Å². The molecule has 0 spiro atoms. The molecule has 2 amide bonds. The number of hydrogen-bond donors (Lipinski definition) is 2. The first-order chi connectivity index (χ1) is 15.9. The summed E-state index contributed by atoms with van der Waals surface area (Å²) in [5.74, 6) is -0.210. The maximum absolute atomic E-state index is 14.4. The number of pyridine rings is 1. The Morgan fingerprint density at radius 2 is 1.76 bits per heavy atom. The van der Waals surface area contributed by atoms with Crippen LogP contribution in [0.3, 0.4) is 0 Å². The Morgan fingerprint density at radius 1 is 1.03 bits per heavy atom. The Bertz CT molecular complexity index is 976. The number of nitrogens with one attached hydrogen (secondary N) is 2. The monoisotopic (exact) mass is 450 g/mol. The maximum atomic E-state index is 14.4. The normalized spacial score (nSPS) is 21.8. The Labute approximate surface area is 196 Å². The molecule has 2 N–H and O–H groups in total. The molecule has 2 saturated heterocycles. The van der Waals surface area contributed by atoms with Gasteiger partial charge in [-0.3, -0.25) is 14.6 Å². The van der Waals surface area contributed by atoms with Gasteiger partial charge in [-0.05, 0) is 45.2 Å². The Balaban J connectivity index is 1.89. The third-order valence-electron chi connectivity index (χ3n) is 6.33. The summed E-state index contributed by atoms with van der Waals surface area (Å²) in [6, 6.07) is 13.2. The number of aromatic nitrogens is 1. The number of rotatable bonds is 5. The molecule has 8 heteroatoms. The van der Waals surface area contributed by atoms with Crippen molar-refractivity contribution in [1.29, 1.82) is 0 Å². The molecule has 1 aromatic carbocycles. The zero-order valence-electron chi connectivity index (χ0n) is 19.8. The molecule has 4 rings (SSSR count). The lowest BCUT2D eigenvalue weighted by atomic mass is 9.85. The van der Waals surface area contributed by atoms with Crippen molar-refractivity contribution in [2.45, 2.75) is 25.4 Å². The van der Waals surface area contributed by atoms with E-state index >= 15 is 0 Å². The number of carbonyl (C=O) groups excluding carboxylic acids is 2. The van der Waals surface area contributed by atoms with Crippen LogP contribution in [0.15, 0.2) is 48.7 Å². The van der Waals surface area contributed by atoms with E-state index in [1.807, 2.05) is 54.4 Å². The lowest BCUT2D eigenvalue weighted by molar-refractivity contribution is -0.148. The van der Waals surface area contributed by atoms with Crippen LogP contribution in [0.2, 0.25) is 0 Å². The van der Waals surface area contributed by atoms with Gasteiger partial charge in [0.05, 0.1) is 5.69 Å². The van der Waals surface area contributed by atoms with Crippen molar-refractivity contribution in [3.05, 3.63) is 59.9 Å². The minimum Gasteiger partial charge on any atom is -0.381 e. The largest absolute Gasteiger partial charge is 0.381 e. The number of hydrogen-bond acceptors (Lipinski definition) is 6. The summed E-state index contributed by atoms with van der Waals surface area (Å²) in [7, 11) is 2.00. The van der Waals surface area contributed by atoms with Crippen molar-refractivity contribution in [2.75, 3.05) is 58.2 Å². The molecule has 3 heterocycles. The molecule has 33 heavy (non-hydrogen) atoms. The molecule has 2 aromatic rings. The standard InChI is InChI=1S/C25H34N6O2/c1-19(2)28-21-10-7-11-27-22(21)25(24(33)30-14-12-26-13-15-30)18-29(3)16-17-31(25)23(32)20-8-5-4-6-9-20/h4-11,19,26,28H,12-18H2,1-3H3. The summed E-state index contributed by atoms with van der Waals surface area (Å²) >= 11 is 0. The van der Waals surface area contributed by atoms with Crippen LogP contribution in [0.25, 0.3) is 0 Å². The van der Waals surface area contributed by atoms with Crippen LogP contribution >= 0.6 is 0 Å². The molecule has 0 bridgehead atoms. The zero-order chi connectivity index (χ0) is 23.4. The molecule has 2 fully saturated rings. The summed E-state index contributed by atoms with van der Waals surface area (Å²) in [6.07, 6.45) is 1.72. The van der Waals surface area contributed by atoms with Gasteiger partial charge < -0.3 is 25.3 Å². The van der Waals surface area contributed by atoms with Gasteiger partial charge in [-0.25, -0.2) is 0 Å². The van der Waals surface area contributed by atoms with E-state index in [4.69, 9.17) is 4.98 Å². The number of likely N-dealkylation sites (N-methyl/N-ethyl adjacent to an activating group) is 1. The summed E-state index contributed by atoms with van der Waals surface area (Å²) in [6.45, 7) is 8.33. The lowest BCUT2D eigenvalue weighted by Gasteiger charge is -2.50. The Morgan fingerprint density at radius 3 is 2.45 bits per heavy atom. The zero-order valence-corrected chi connectivity index (χ0v) is 19.8. The van der Waals surface area contributed by atoms with Gasteiger partial charge in [-0.2, -0.15) is 0 Å². The molecule has 0 radical (unpaired) electrons. The van der Waals surface area contributed by atoms with E-state index in [0.717, 1.165) is 18.8 Å². The fourth-order valence-corrected chi connectivity index (χ4v) is 4.81. The first-order valence-corrected chi connectivity index (χ1v) is 11.7. The first-order valence-electron chi connectivity index (χ1n) is 11.7. The molecular weight excluding hydrogens is 416 g/mol. The molecule has 176 valence electrons. The summed E-state index contributed by atoms with van der Waals surface area (Å²) < 4.78 is 0. The van der Waals surface area contributed by atoms with Crippen LogP contribution in [-0.4, -0.2) is 90.4 Å². The number of carbonyl (C=O) groups is 2. The fraction of sp³-hybridized carbons (Fsp3) is 0.480. The number of nitrogens with zero attached hydrogens (tertiary/aromatic N) is 4. The van der Waals surface area contributed by atoms with E-state index in [2.05, 4.69) is 29.4 Å². The molecule has 8 nitrogen and oxygen atoms in total.